The number of hydrogen-bond donors (Lipinski definition) is 2. The van der Waals surface area contributed by atoms with Crippen LogP contribution >= 0.6 is 11.6 Å². The molecule has 0 aliphatic carbocycles. The Bertz CT molecular complexity index is 792. The highest BCUT2D eigenvalue weighted by molar-refractivity contribution is 7.92. The fourth-order valence-electron chi connectivity index (χ4n) is 1.44. The first-order valence-electron chi connectivity index (χ1n) is 5.42. The molecule has 0 atom stereocenters. The van der Waals surface area contributed by atoms with Gasteiger partial charge >= 0.3 is 5.82 Å². The standard InChI is InChI=1S/C11H8ClN3O5S/c12-8-2-1-3-9(11(8)16)14-21(19,20)7-4-5-10(13-6-7)15(17)18/h1-6,14,16H. The maximum absolute atomic E-state index is 12.1. The second-order valence-corrected chi connectivity index (χ2v) is 5.94. The Hall–Kier alpha value is -2.39. The number of rotatable bonds is 4. The lowest BCUT2D eigenvalue weighted by Gasteiger charge is -2.09. The van der Waals surface area contributed by atoms with Crippen LogP contribution in [-0.2, 0) is 10.0 Å². The van der Waals surface area contributed by atoms with E-state index in [0.717, 1.165) is 18.3 Å². The molecule has 1 aromatic carbocycles. The van der Waals surface area contributed by atoms with E-state index in [1.54, 1.807) is 0 Å². The van der Waals surface area contributed by atoms with Crippen LogP contribution in [0.25, 0.3) is 0 Å². The molecule has 1 heterocycles. The number of sulfonamides is 1. The van der Waals surface area contributed by atoms with Gasteiger partial charge < -0.3 is 15.2 Å². The van der Waals surface area contributed by atoms with Gasteiger partial charge in [-0.05, 0) is 28.1 Å². The molecule has 0 aliphatic heterocycles. The number of para-hydroxylation sites is 1. The summed E-state index contributed by atoms with van der Waals surface area (Å²) in [6.45, 7) is 0. The molecule has 0 fully saturated rings. The minimum Gasteiger partial charge on any atom is -0.504 e. The number of pyridine rings is 1. The molecule has 0 saturated heterocycles. The van der Waals surface area contributed by atoms with Crippen molar-refractivity contribution in [3.63, 3.8) is 0 Å². The first kappa shape index (κ1) is 15.0. The van der Waals surface area contributed by atoms with Crippen LogP contribution in [0.2, 0.25) is 5.02 Å². The van der Waals surface area contributed by atoms with Crippen molar-refractivity contribution in [2.45, 2.75) is 4.90 Å². The van der Waals surface area contributed by atoms with Gasteiger partial charge in [0.25, 0.3) is 10.0 Å². The maximum atomic E-state index is 12.1. The fraction of sp³-hybridized carbons (Fsp3) is 0. The molecule has 110 valence electrons. The van der Waals surface area contributed by atoms with Gasteiger partial charge in [-0.2, -0.15) is 0 Å². The number of benzene rings is 1. The third-order valence-corrected chi connectivity index (χ3v) is 4.10. The summed E-state index contributed by atoms with van der Waals surface area (Å²) in [5.41, 5.74) is -0.110. The van der Waals surface area contributed by atoms with Gasteiger partial charge in [-0.1, -0.05) is 17.7 Å². The molecule has 8 nitrogen and oxygen atoms in total. The lowest BCUT2D eigenvalue weighted by atomic mass is 10.3. The molecule has 10 heteroatoms. The monoisotopic (exact) mass is 329 g/mol. The number of phenolic OH excluding ortho intramolecular Hbond substituents is 1. The zero-order chi connectivity index (χ0) is 15.6. The number of aromatic hydroxyl groups is 1. The topological polar surface area (TPSA) is 122 Å². The quantitative estimate of drug-likeness (QED) is 0.503. The van der Waals surface area contributed by atoms with Crippen LogP contribution < -0.4 is 4.72 Å². The summed E-state index contributed by atoms with van der Waals surface area (Å²) >= 11 is 5.67. The van der Waals surface area contributed by atoms with E-state index in [4.69, 9.17) is 11.6 Å². The van der Waals surface area contributed by atoms with Crippen molar-refractivity contribution in [1.29, 1.82) is 0 Å². The average Bonchev–Trinajstić information content (AvgIpc) is 2.44. The largest absolute Gasteiger partial charge is 0.504 e. The molecular weight excluding hydrogens is 322 g/mol. The number of nitro groups is 1. The van der Waals surface area contributed by atoms with Gasteiger partial charge in [-0.15, -0.1) is 0 Å². The molecule has 0 spiro atoms. The maximum Gasteiger partial charge on any atom is 0.363 e. The fourth-order valence-corrected chi connectivity index (χ4v) is 2.63. The summed E-state index contributed by atoms with van der Waals surface area (Å²) in [5, 5.41) is 20.1. The van der Waals surface area contributed by atoms with Crippen LogP contribution in [0.5, 0.6) is 5.75 Å². The van der Waals surface area contributed by atoms with Gasteiger partial charge in [-0.3, -0.25) is 4.72 Å². The van der Waals surface area contributed by atoms with E-state index in [1.165, 1.54) is 18.2 Å². The third-order valence-electron chi connectivity index (χ3n) is 2.45. The molecule has 0 bridgehead atoms. The Kier molecular flexibility index (Phi) is 3.96. The SMILES string of the molecule is O=[N+]([O-])c1ccc(S(=O)(=O)Nc2cccc(Cl)c2O)cn1. The summed E-state index contributed by atoms with van der Waals surface area (Å²) in [4.78, 5) is 12.9. The van der Waals surface area contributed by atoms with Gasteiger partial charge in [-0.25, -0.2) is 8.42 Å². The van der Waals surface area contributed by atoms with E-state index in [0.29, 0.717) is 0 Å². The Morgan fingerprint density at radius 1 is 1.29 bits per heavy atom. The van der Waals surface area contributed by atoms with Crippen LogP contribution in [0.1, 0.15) is 0 Å². The summed E-state index contributed by atoms with van der Waals surface area (Å²) in [7, 11) is -4.05. The third kappa shape index (κ3) is 3.20. The first-order chi connectivity index (χ1) is 9.81. The van der Waals surface area contributed by atoms with E-state index in [9.17, 15) is 23.6 Å². The number of halogens is 1. The zero-order valence-corrected chi connectivity index (χ0v) is 11.8. The van der Waals surface area contributed by atoms with E-state index in [1.807, 2.05) is 0 Å². The molecule has 1 aromatic heterocycles. The lowest BCUT2D eigenvalue weighted by Crippen LogP contribution is -2.13. The molecule has 2 aromatic rings. The molecular formula is C11H8ClN3O5S. The summed E-state index contributed by atoms with van der Waals surface area (Å²) in [6.07, 6.45) is 0.849. The minimum absolute atomic E-state index is 0.0166. The predicted octanol–water partition coefficient (Wildman–Crippen LogP) is 2.15. The van der Waals surface area contributed by atoms with Crippen molar-refractivity contribution in [3.05, 3.63) is 51.7 Å². The Morgan fingerprint density at radius 2 is 2.00 bits per heavy atom. The second kappa shape index (κ2) is 5.54. The molecule has 0 radical (unpaired) electrons. The molecule has 2 N–H and O–H groups in total. The lowest BCUT2D eigenvalue weighted by molar-refractivity contribution is -0.389. The van der Waals surface area contributed by atoms with Gasteiger partial charge in [0.1, 0.15) is 4.90 Å². The van der Waals surface area contributed by atoms with Crippen molar-refractivity contribution in [1.82, 2.24) is 4.98 Å². The van der Waals surface area contributed by atoms with E-state index in [-0.39, 0.29) is 15.6 Å². The van der Waals surface area contributed by atoms with E-state index < -0.39 is 26.5 Å². The predicted molar refractivity (Wildman–Crippen MR) is 74.8 cm³/mol. The van der Waals surface area contributed by atoms with E-state index in [2.05, 4.69) is 9.71 Å². The van der Waals surface area contributed by atoms with Crippen molar-refractivity contribution in [2.75, 3.05) is 4.72 Å². The number of nitrogens with zero attached hydrogens (tertiary/aromatic N) is 2. The number of anilines is 1. The number of phenols is 1. The van der Waals surface area contributed by atoms with Gasteiger partial charge in [0.2, 0.25) is 0 Å². The van der Waals surface area contributed by atoms with Crippen molar-refractivity contribution >= 4 is 33.1 Å². The molecule has 2 rings (SSSR count). The summed E-state index contributed by atoms with van der Waals surface area (Å²) in [5.74, 6) is -0.892. The summed E-state index contributed by atoms with van der Waals surface area (Å²) in [6, 6.07) is 6.16. The Morgan fingerprint density at radius 3 is 2.57 bits per heavy atom. The number of nitrogens with one attached hydrogen (secondary N) is 1. The van der Waals surface area contributed by atoms with Crippen molar-refractivity contribution in [2.24, 2.45) is 0 Å². The molecule has 0 unspecified atom stereocenters. The van der Waals surface area contributed by atoms with Crippen LogP contribution in [0.15, 0.2) is 41.4 Å². The number of aromatic nitrogens is 1. The molecule has 0 amide bonds. The Labute approximate surface area is 124 Å². The highest BCUT2D eigenvalue weighted by Crippen LogP contribution is 2.32. The average molecular weight is 330 g/mol. The van der Waals surface area contributed by atoms with Crippen molar-refractivity contribution < 1.29 is 18.4 Å². The van der Waals surface area contributed by atoms with Crippen LogP contribution in [-0.4, -0.2) is 23.4 Å². The molecule has 21 heavy (non-hydrogen) atoms. The number of hydrogen-bond acceptors (Lipinski definition) is 6. The highest BCUT2D eigenvalue weighted by atomic mass is 35.5. The zero-order valence-electron chi connectivity index (χ0n) is 10.2. The Balaban J connectivity index is 2.34. The summed E-state index contributed by atoms with van der Waals surface area (Å²) < 4.78 is 26.3. The van der Waals surface area contributed by atoms with Crippen LogP contribution in [0.3, 0.4) is 0 Å². The molecule has 0 aliphatic rings. The smallest absolute Gasteiger partial charge is 0.363 e. The minimum atomic E-state index is -4.05. The van der Waals surface area contributed by atoms with Crippen LogP contribution in [0, 0.1) is 10.1 Å². The van der Waals surface area contributed by atoms with Gasteiger partial charge in [0.15, 0.2) is 11.9 Å². The van der Waals surface area contributed by atoms with Gasteiger partial charge in [0, 0.05) is 6.07 Å². The van der Waals surface area contributed by atoms with Crippen molar-refractivity contribution in [3.8, 4) is 5.75 Å². The first-order valence-corrected chi connectivity index (χ1v) is 7.28. The normalized spacial score (nSPS) is 11.1. The van der Waals surface area contributed by atoms with E-state index >= 15 is 0 Å². The second-order valence-electron chi connectivity index (χ2n) is 3.85. The van der Waals surface area contributed by atoms with Crippen LogP contribution in [0.4, 0.5) is 11.5 Å². The molecule has 0 saturated carbocycles. The van der Waals surface area contributed by atoms with Gasteiger partial charge in [0.05, 0.1) is 10.7 Å². The highest BCUT2D eigenvalue weighted by Gasteiger charge is 2.20.